The van der Waals surface area contributed by atoms with Crippen LogP contribution in [0.4, 0.5) is 5.69 Å². The maximum Gasteiger partial charge on any atom is 0.229 e. The predicted octanol–water partition coefficient (Wildman–Crippen LogP) is 2.00. The first-order chi connectivity index (χ1) is 13.6. The molecule has 2 heterocycles. The van der Waals surface area contributed by atoms with E-state index in [0.717, 1.165) is 29.9 Å². The second-order valence-corrected chi connectivity index (χ2v) is 7.44. The van der Waals surface area contributed by atoms with Gasteiger partial charge in [0.15, 0.2) is 5.78 Å². The number of carbonyl (C=O) groups is 2. The largest absolute Gasteiger partial charge is 0.368 e. The lowest BCUT2D eigenvalue weighted by atomic mass is 9.93. The summed E-state index contributed by atoms with van der Waals surface area (Å²) in [6.07, 6.45) is 0. The van der Waals surface area contributed by atoms with E-state index in [9.17, 15) is 9.59 Å². The average Bonchev–Trinajstić information content (AvgIpc) is 3.24. The van der Waals surface area contributed by atoms with Gasteiger partial charge in [0, 0.05) is 44.0 Å². The topological polar surface area (TPSA) is 64.7 Å². The van der Waals surface area contributed by atoms with Crippen molar-refractivity contribution in [3.05, 3.63) is 65.7 Å². The molecule has 0 aromatic heterocycles. The fourth-order valence-corrected chi connectivity index (χ4v) is 4.03. The van der Waals surface area contributed by atoms with Crippen molar-refractivity contribution >= 4 is 17.4 Å². The van der Waals surface area contributed by atoms with Crippen LogP contribution in [0.25, 0.3) is 0 Å². The molecule has 0 spiro atoms. The van der Waals surface area contributed by atoms with Gasteiger partial charge in [-0.2, -0.15) is 0 Å². The molecule has 146 valence electrons. The van der Waals surface area contributed by atoms with Gasteiger partial charge in [0.05, 0.1) is 12.0 Å². The number of rotatable bonds is 4. The maximum absolute atomic E-state index is 13.1. The molecule has 0 aliphatic carbocycles. The Morgan fingerprint density at radius 1 is 0.929 bits per heavy atom. The molecule has 2 aliphatic heterocycles. The van der Waals surface area contributed by atoms with Crippen LogP contribution in [0.1, 0.15) is 28.9 Å². The van der Waals surface area contributed by atoms with E-state index >= 15 is 0 Å². The van der Waals surface area contributed by atoms with Crippen LogP contribution in [-0.2, 0) is 4.79 Å². The Morgan fingerprint density at radius 3 is 2.25 bits per heavy atom. The summed E-state index contributed by atoms with van der Waals surface area (Å²) in [6, 6.07) is 17.9. The molecule has 2 unspecified atom stereocenters. The Labute approximate surface area is 165 Å². The third-order valence-corrected chi connectivity index (χ3v) is 5.69. The summed E-state index contributed by atoms with van der Waals surface area (Å²) >= 11 is 0. The fourth-order valence-electron chi connectivity index (χ4n) is 4.03. The van der Waals surface area contributed by atoms with Crippen LogP contribution >= 0.6 is 0 Å². The van der Waals surface area contributed by atoms with Crippen molar-refractivity contribution in [3.8, 4) is 0 Å². The number of nitrogens with one attached hydrogen (secondary N) is 2. The summed E-state index contributed by atoms with van der Waals surface area (Å²) in [4.78, 5) is 28.8. The van der Waals surface area contributed by atoms with Crippen LogP contribution in [0.2, 0.25) is 0 Å². The number of nitrogens with zero attached hydrogens (tertiary/aromatic N) is 2. The van der Waals surface area contributed by atoms with Gasteiger partial charge in [-0.15, -0.1) is 0 Å². The lowest BCUT2D eigenvalue weighted by molar-refractivity contribution is -0.135. The van der Waals surface area contributed by atoms with Crippen molar-refractivity contribution in [1.29, 1.82) is 0 Å². The minimum Gasteiger partial charge on any atom is -0.368 e. The first-order valence-electron chi connectivity index (χ1n) is 9.81. The van der Waals surface area contributed by atoms with E-state index in [0.29, 0.717) is 19.6 Å². The minimum absolute atomic E-state index is 0.00542. The first kappa shape index (κ1) is 18.7. The molecule has 6 heteroatoms. The molecule has 0 bridgehead atoms. The number of ketones is 1. The third-order valence-electron chi connectivity index (χ3n) is 5.69. The standard InChI is InChI=1S/C22H26N4O2/c1-16(27)17-7-9-19(10-8-17)25-11-13-26(14-12-25)22(28)20-15-23-24-21(20)18-5-3-2-4-6-18/h2-10,20-21,23-24H,11-15H2,1H3. The number of piperazine rings is 1. The summed E-state index contributed by atoms with van der Waals surface area (Å²) in [5.74, 6) is 0.190. The first-order valence-corrected chi connectivity index (χ1v) is 9.81. The third kappa shape index (κ3) is 3.79. The van der Waals surface area contributed by atoms with E-state index in [4.69, 9.17) is 0 Å². The second kappa shape index (κ2) is 8.12. The van der Waals surface area contributed by atoms with E-state index in [-0.39, 0.29) is 23.7 Å². The Morgan fingerprint density at radius 2 is 1.61 bits per heavy atom. The van der Waals surface area contributed by atoms with E-state index in [1.54, 1.807) is 6.92 Å². The summed E-state index contributed by atoms with van der Waals surface area (Å²) in [7, 11) is 0. The molecular formula is C22H26N4O2. The number of Topliss-reactive ketones (excluding diaryl/α,β-unsaturated/α-hetero) is 1. The van der Waals surface area contributed by atoms with E-state index in [2.05, 4.69) is 27.9 Å². The molecule has 6 nitrogen and oxygen atoms in total. The van der Waals surface area contributed by atoms with Gasteiger partial charge >= 0.3 is 0 Å². The van der Waals surface area contributed by atoms with E-state index in [1.807, 2.05) is 47.4 Å². The molecule has 2 saturated heterocycles. The Bertz CT molecular complexity index is 829. The van der Waals surface area contributed by atoms with Gasteiger partial charge in [0.25, 0.3) is 0 Å². The van der Waals surface area contributed by atoms with Crippen LogP contribution in [0, 0.1) is 5.92 Å². The normalized spacial score (nSPS) is 22.3. The number of hydrogen-bond donors (Lipinski definition) is 2. The molecule has 4 rings (SSSR count). The number of carbonyl (C=O) groups excluding carboxylic acids is 2. The molecule has 28 heavy (non-hydrogen) atoms. The summed E-state index contributed by atoms with van der Waals surface area (Å²) in [6.45, 7) is 5.25. The zero-order valence-corrected chi connectivity index (χ0v) is 16.1. The number of benzene rings is 2. The molecule has 2 aromatic carbocycles. The molecule has 0 saturated carbocycles. The molecular weight excluding hydrogens is 352 g/mol. The number of hydrazine groups is 1. The average molecular weight is 378 g/mol. The molecule has 2 fully saturated rings. The van der Waals surface area contributed by atoms with Crippen LogP contribution in [-0.4, -0.2) is 49.3 Å². The zero-order chi connectivity index (χ0) is 19.5. The highest BCUT2D eigenvalue weighted by Gasteiger charge is 2.37. The maximum atomic E-state index is 13.1. The van der Waals surface area contributed by atoms with Crippen molar-refractivity contribution in [2.24, 2.45) is 5.92 Å². The van der Waals surface area contributed by atoms with Crippen molar-refractivity contribution in [1.82, 2.24) is 15.8 Å². The second-order valence-electron chi connectivity index (χ2n) is 7.44. The van der Waals surface area contributed by atoms with Crippen molar-refractivity contribution in [2.45, 2.75) is 13.0 Å². The van der Waals surface area contributed by atoms with Crippen LogP contribution < -0.4 is 15.8 Å². The molecule has 0 radical (unpaired) electrons. The highest BCUT2D eigenvalue weighted by Crippen LogP contribution is 2.27. The number of amides is 1. The number of hydrogen-bond acceptors (Lipinski definition) is 5. The van der Waals surface area contributed by atoms with Gasteiger partial charge in [0.2, 0.25) is 5.91 Å². The number of anilines is 1. The van der Waals surface area contributed by atoms with Crippen LogP contribution in [0.3, 0.4) is 0 Å². The van der Waals surface area contributed by atoms with Gasteiger partial charge in [-0.25, -0.2) is 5.43 Å². The molecule has 2 aliphatic rings. The van der Waals surface area contributed by atoms with Crippen LogP contribution in [0.15, 0.2) is 54.6 Å². The van der Waals surface area contributed by atoms with Gasteiger partial charge in [-0.3, -0.25) is 15.0 Å². The smallest absolute Gasteiger partial charge is 0.229 e. The quantitative estimate of drug-likeness (QED) is 0.797. The zero-order valence-electron chi connectivity index (χ0n) is 16.1. The Hall–Kier alpha value is -2.70. The highest BCUT2D eigenvalue weighted by molar-refractivity contribution is 5.94. The molecule has 2 N–H and O–H groups in total. The van der Waals surface area contributed by atoms with Crippen LogP contribution in [0.5, 0.6) is 0 Å². The highest BCUT2D eigenvalue weighted by atomic mass is 16.2. The van der Waals surface area contributed by atoms with E-state index < -0.39 is 0 Å². The van der Waals surface area contributed by atoms with Crippen molar-refractivity contribution in [2.75, 3.05) is 37.6 Å². The van der Waals surface area contributed by atoms with Gasteiger partial charge in [-0.05, 0) is 36.8 Å². The van der Waals surface area contributed by atoms with Gasteiger partial charge in [-0.1, -0.05) is 30.3 Å². The van der Waals surface area contributed by atoms with E-state index in [1.165, 1.54) is 0 Å². The van der Waals surface area contributed by atoms with Crippen molar-refractivity contribution < 1.29 is 9.59 Å². The van der Waals surface area contributed by atoms with Crippen molar-refractivity contribution in [3.63, 3.8) is 0 Å². The summed E-state index contributed by atoms with van der Waals surface area (Å²) < 4.78 is 0. The summed E-state index contributed by atoms with van der Waals surface area (Å²) in [5, 5.41) is 0. The summed E-state index contributed by atoms with van der Waals surface area (Å²) in [5.41, 5.74) is 9.37. The molecule has 2 atom stereocenters. The monoisotopic (exact) mass is 378 g/mol. The SMILES string of the molecule is CC(=O)c1ccc(N2CCN(C(=O)C3CNNC3c3ccccc3)CC2)cc1. The predicted molar refractivity (Wildman–Crippen MR) is 109 cm³/mol. The minimum atomic E-state index is -0.0937. The lowest BCUT2D eigenvalue weighted by Gasteiger charge is -2.37. The lowest BCUT2D eigenvalue weighted by Crippen LogP contribution is -2.51. The van der Waals surface area contributed by atoms with Gasteiger partial charge in [0.1, 0.15) is 0 Å². The molecule has 2 aromatic rings. The fraction of sp³-hybridized carbons (Fsp3) is 0.364. The van der Waals surface area contributed by atoms with Gasteiger partial charge < -0.3 is 9.80 Å². The molecule has 1 amide bonds. The Balaban J connectivity index is 1.38. The Kier molecular flexibility index (Phi) is 5.41.